The van der Waals surface area contributed by atoms with E-state index in [1.54, 1.807) is 17.2 Å². The summed E-state index contributed by atoms with van der Waals surface area (Å²) in [6.07, 6.45) is 1.24. The highest BCUT2D eigenvalue weighted by atomic mass is 32.2. The summed E-state index contributed by atoms with van der Waals surface area (Å²) in [4.78, 5) is 13.9. The number of carboxylic acids is 1. The molecule has 0 fully saturated rings. The van der Waals surface area contributed by atoms with Crippen molar-refractivity contribution >= 4 is 39.1 Å². The Kier molecular flexibility index (Phi) is 8.72. The topological polar surface area (TPSA) is 87.1 Å². The van der Waals surface area contributed by atoms with Crippen LogP contribution < -0.4 is 9.64 Å². The summed E-state index contributed by atoms with van der Waals surface area (Å²) in [5.74, 6) is -4.79. The normalized spacial score (nSPS) is 17.2. The fourth-order valence-electron chi connectivity index (χ4n) is 4.57. The largest absolute Gasteiger partial charge is 0.488 e. The van der Waals surface area contributed by atoms with Gasteiger partial charge in [0.25, 0.3) is 0 Å². The number of carbonyl (C=O) groups is 1. The Labute approximate surface area is 235 Å². The molecule has 1 aliphatic rings. The summed E-state index contributed by atoms with van der Waals surface area (Å²) in [7, 11) is -2.78. The highest BCUT2D eigenvalue weighted by molar-refractivity contribution is 7.98. The number of rotatable bonds is 9. The lowest BCUT2D eigenvalue weighted by Crippen LogP contribution is -2.41. The zero-order valence-electron chi connectivity index (χ0n) is 22.1. The number of benzene rings is 3. The minimum Gasteiger partial charge on any atom is -0.488 e. The van der Waals surface area contributed by atoms with Gasteiger partial charge in [-0.1, -0.05) is 24.3 Å². The van der Waals surface area contributed by atoms with Gasteiger partial charge in [0.15, 0.2) is 0 Å². The van der Waals surface area contributed by atoms with Crippen LogP contribution in [0.25, 0.3) is 0 Å². The molecule has 0 aliphatic carbocycles. The average molecular weight is 595 g/mol. The standard InChI is InChI=1S/C28H29F3N2O5S2/c1-28(30,31)12-11-21-16-33(20-7-5-4-6-8-20)23-14-25(39-3)24(15-26(23)40(36,37)32(21)2)38-17-18-9-10-19(29)13-22(18)27(34)35/h4-10,13-15,21H,11-12,16-17H2,1-3H3,(H,34,35)/t21-/m1/s1. The van der Waals surface area contributed by atoms with Gasteiger partial charge in [0.2, 0.25) is 15.9 Å². The first-order valence-corrected chi connectivity index (χ1v) is 15.0. The first kappa shape index (κ1) is 29.8. The molecule has 0 saturated carbocycles. The molecule has 12 heteroatoms. The zero-order chi connectivity index (χ0) is 29.2. The molecule has 1 N–H and O–H groups in total. The van der Waals surface area contributed by atoms with Crippen molar-refractivity contribution in [2.45, 2.75) is 48.1 Å². The van der Waals surface area contributed by atoms with Crippen molar-refractivity contribution in [2.24, 2.45) is 0 Å². The first-order chi connectivity index (χ1) is 18.8. The second-order valence-corrected chi connectivity index (χ2v) is 12.4. The maximum Gasteiger partial charge on any atom is 0.336 e. The maximum atomic E-state index is 13.9. The molecule has 40 heavy (non-hydrogen) atoms. The maximum absolute atomic E-state index is 13.9. The number of para-hydroxylation sites is 1. The zero-order valence-corrected chi connectivity index (χ0v) is 23.7. The lowest BCUT2D eigenvalue weighted by molar-refractivity contribution is 0.00679. The molecule has 0 spiro atoms. The van der Waals surface area contributed by atoms with E-state index in [4.69, 9.17) is 4.74 Å². The predicted molar refractivity (Wildman–Crippen MR) is 148 cm³/mol. The van der Waals surface area contributed by atoms with Gasteiger partial charge in [0.1, 0.15) is 23.1 Å². The highest BCUT2D eigenvalue weighted by Gasteiger charge is 2.39. The van der Waals surface area contributed by atoms with Crippen molar-refractivity contribution in [3.8, 4) is 5.75 Å². The van der Waals surface area contributed by atoms with E-state index in [1.165, 1.54) is 30.9 Å². The highest BCUT2D eigenvalue weighted by Crippen LogP contribution is 2.44. The van der Waals surface area contributed by atoms with Crippen LogP contribution in [0.1, 0.15) is 35.7 Å². The summed E-state index contributed by atoms with van der Waals surface area (Å²) < 4.78 is 76.1. The Bertz CT molecular complexity index is 1500. The van der Waals surface area contributed by atoms with Crippen LogP contribution in [0.5, 0.6) is 5.75 Å². The van der Waals surface area contributed by atoms with Crippen LogP contribution in [-0.4, -0.2) is 55.6 Å². The van der Waals surface area contributed by atoms with Gasteiger partial charge >= 0.3 is 5.97 Å². The Balaban J connectivity index is 1.81. The Morgan fingerprint density at radius 1 is 1.15 bits per heavy atom. The summed E-state index contributed by atoms with van der Waals surface area (Å²) >= 11 is 1.30. The number of aromatic carboxylic acids is 1. The number of carboxylic acid groups (broad SMARTS) is 1. The van der Waals surface area contributed by atoms with Crippen molar-refractivity contribution < 1.29 is 36.2 Å². The molecule has 0 amide bonds. The summed E-state index contributed by atoms with van der Waals surface area (Å²) in [5.41, 5.74) is 1.01. The third kappa shape index (κ3) is 6.39. The molecule has 0 aromatic heterocycles. The third-order valence-corrected chi connectivity index (χ3v) is 9.47. The number of fused-ring (bicyclic) bond motifs is 1. The Morgan fingerprint density at radius 3 is 2.48 bits per heavy atom. The number of ether oxygens (including phenoxy) is 1. The molecule has 3 aromatic carbocycles. The number of hydrogen-bond donors (Lipinski definition) is 1. The van der Waals surface area contributed by atoms with Crippen LogP contribution >= 0.6 is 11.8 Å². The predicted octanol–water partition coefficient (Wildman–Crippen LogP) is 6.40. The summed E-state index contributed by atoms with van der Waals surface area (Å²) in [5, 5.41) is 9.47. The number of halogens is 3. The van der Waals surface area contributed by atoms with E-state index in [0.29, 0.717) is 16.3 Å². The molecule has 3 aromatic rings. The SMILES string of the molecule is CSc1cc2c(cc1OCc1ccc(F)cc1C(=O)O)S(=O)(=O)N(C)[C@H](CCC(C)(F)F)CN2c1ccccc1. The van der Waals surface area contributed by atoms with E-state index in [0.717, 1.165) is 23.4 Å². The van der Waals surface area contributed by atoms with Gasteiger partial charge in [-0.2, -0.15) is 4.31 Å². The van der Waals surface area contributed by atoms with Crippen LogP contribution in [0.2, 0.25) is 0 Å². The molecule has 0 unspecified atom stereocenters. The molecule has 1 aliphatic heterocycles. The van der Waals surface area contributed by atoms with Crippen LogP contribution in [0, 0.1) is 5.82 Å². The third-order valence-electron chi connectivity index (χ3n) is 6.77. The molecule has 4 rings (SSSR count). The first-order valence-electron chi connectivity index (χ1n) is 12.4. The van der Waals surface area contributed by atoms with E-state index < -0.39 is 40.2 Å². The lowest BCUT2D eigenvalue weighted by atomic mass is 10.1. The van der Waals surface area contributed by atoms with Crippen LogP contribution in [0.3, 0.4) is 0 Å². The molecule has 0 radical (unpaired) electrons. The van der Waals surface area contributed by atoms with Crippen molar-refractivity contribution in [3.63, 3.8) is 0 Å². The second kappa shape index (κ2) is 11.7. The quantitative estimate of drug-likeness (QED) is 0.287. The van der Waals surface area contributed by atoms with Crippen molar-refractivity contribution in [3.05, 3.63) is 77.6 Å². The average Bonchev–Trinajstić information content (AvgIpc) is 2.98. The summed E-state index contributed by atoms with van der Waals surface area (Å²) in [6.45, 7) is 0.711. The number of thioether (sulfide) groups is 1. The Hall–Kier alpha value is -3.22. The monoisotopic (exact) mass is 594 g/mol. The molecule has 0 saturated heterocycles. The minimum absolute atomic E-state index is 0.0577. The van der Waals surface area contributed by atoms with Crippen molar-refractivity contribution in [1.82, 2.24) is 4.31 Å². The van der Waals surface area contributed by atoms with E-state index in [9.17, 15) is 31.5 Å². The van der Waals surface area contributed by atoms with Crippen molar-refractivity contribution in [2.75, 3.05) is 24.7 Å². The van der Waals surface area contributed by atoms with Gasteiger partial charge in [-0.15, -0.1) is 11.8 Å². The molecule has 1 heterocycles. The van der Waals surface area contributed by atoms with Gasteiger partial charge in [-0.25, -0.2) is 26.4 Å². The Morgan fingerprint density at radius 2 is 1.85 bits per heavy atom. The lowest BCUT2D eigenvalue weighted by Gasteiger charge is -2.30. The second-order valence-electron chi connectivity index (χ2n) is 9.60. The van der Waals surface area contributed by atoms with Gasteiger partial charge in [-0.3, -0.25) is 0 Å². The molecule has 7 nitrogen and oxygen atoms in total. The number of nitrogens with zero attached hydrogens (tertiary/aromatic N) is 2. The van der Waals surface area contributed by atoms with E-state index in [-0.39, 0.29) is 41.3 Å². The van der Waals surface area contributed by atoms with Crippen LogP contribution in [0.15, 0.2) is 70.5 Å². The van der Waals surface area contributed by atoms with E-state index >= 15 is 0 Å². The number of anilines is 2. The van der Waals surface area contributed by atoms with Gasteiger partial charge in [0, 0.05) is 43.4 Å². The number of hydrogen-bond acceptors (Lipinski definition) is 6. The molecular weight excluding hydrogens is 565 g/mol. The van der Waals surface area contributed by atoms with Gasteiger partial charge in [-0.05, 0) is 49.9 Å². The fraction of sp³-hybridized carbons (Fsp3) is 0.321. The minimum atomic E-state index is -4.16. The van der Waals surface area contributed by atoms with Crippen LogP contribution in [0.4, 0.5) is 24.5 Å². The number of alkyl halides is 2. The number of sulfonamides is 1. The smallest absolute Gasteiger partial charge is 0.336 e. The van der Waals surface area contributed by atoms with Crippen LogP contribution in [-0.2, 0) is 16.6 Å². The molecular formula is C28H29F3N2O5S2. The number of likely N-dealkylation sites (N-methyl/N-ethyl adjacent to an activating group) is 1. The van der Waals surface area contributed by atoms with Gasteiger partial charge < -0.3 is 14.7 Å². The molecule has 0 bridgehead atoms. The fourth-order valence-corrected chi connectivity index (χ4v) is 6.68. The van der Waals surface area contributed by atoms with Crippen molar-refractivity contribution in [1.29, 1.82) is 0 Å². The molecule has 1 atom stereocenters. The van der Waals surface area contributed by atoms with E-state index in [1.807, 2.05) is 30.3 Å². The van der Waals surface area contributed by atoms with Gasteiger partial charge in [0.05, 0.1) is 16.1 Å². The molecule has 214 valence electrons. The van der Waals surface area contributed by atoms with E-state index in [2.05, 4.69) is 0 Å². The summed E-state index contributed by atoms with van der Waals surface area (Å²) in [6, 6.07) is 14.7.